The van der Waals surface area contributed by atoms with Crippen LogP contribution in [0, 0.1) is 6.92 Å². The van der Waals surface area contributed by atoms with Crippen molar-refractivity contribution in [2.45, 2.75) is 32.9 Å². The van der Waals surface area contributed by atoms with Crippen molar-refractivity contribution in [3.05, 3.63) is 77.0 Å². The Morgan fingerprint density at radius 2 is 1.93 bits per heavy atom. The number of aryl methyl sites for hydroxylation is 1. The summed E-state index contributed by atoms with van der Waals surface area (Å²) in [5.74, 6) is -0.719. The van der Waals surface area contributed by atoms with Crippen LogP contribution in [0.4, 0.5) is 0 Å². The smallest absolute Gasteiger partial charge is 0.274 e. The molecule has 6 heteroatoms. The van der Waals surface area contributed by atoms with Gasteiger partial charge in [-0.2, -0.15) is 0 Å². The van der Waals surface area contributed by atoms with Gasteiger partial charge < -0.3 is 15.4 Å². The molecular formula is C24H29N3O3. The molecule has 1 amide bonds. The van der Waals surface area contributed by atoms with Gasteiger partial charge in [-0.1, -0.05) is 54.6 Å². The maximum absolute atomic E-state index is 11.4. The first-order chi connectivity index (χ1) is 14.5. The molecule has 0 aliphatic heterocycles. The van der Waals surface area contributed by atoms with E-state index in [0.29, 0.717) is 5.06 Å². The fourth-order valence-electron chi connectivity index (χ4n) is 3.44. The number of fused-ring (bicyclic) bond motifs is 1. The minimum absolute atomic E-state index is 0.0281. The molecule has 0 aliphatic carbocycles. The molecule has 30 heavy (non-hydrogen) atoms. The highest BCUT2D eigenvalue weighted by Crippen LogP contribution is 2.21. The van der Waals surface area contributed by atoms with Gasteiger partial charge >= 0.3 is 0 Å². The van der Waals surface area contributed by atoms with E-state index in [1.807, 2.05) is 24.3 Å². The Bertz CT molecular complexity index is 1010. The van der Waals surface area contributed by atoms with E-state index < -0.39 is 12.0 Å². The standard InChI is InChI=1S/C24H29N3O3/c1-17-21(22-7-3-4-8-23(22)26-17)13-14-25-16-20-11-9-19(10-12-20)6-5-15-27(30)24(29)18(2)28/h3-12,18,25-26,28,30H,13-16H2,1-2H3/b6-5+. The summed E-state index contributed by atoms with van der Waals surface area (Å²) < 4.78 is 0. The van der Waals surface area contributed by atoms with E-state index in [1.54, 1.807) is 6.08 Å². The summed E-state index contributed by atoms with van der Waals surface area (Å²) in [6, 6.07) is 16.5. The maximum atomic E-state index is 11.4. The quantitative estimate of drug-likeness (QED) is 0.249. The number of amides is 1. The van der Waals surface area contributed by atoms with E-state index >= 15 is 0 Å². The molecule has 3 rings (SSSR count). The summed E-state index contributed by atoms with van der Waals surface area (Å²) in [7, 11) is 0. The van der Waals surface area contributed by atoms with Crippen LogP contribution in [0.25, 0.3) is 17.0 Å². The molecule has 0 aliphatic rings. The second-order valence-corrected chi connectivity index (χ2v) is 7.44. The normalized spacial score (nSPS) is 12.5. The predicted molar refractivity (Wildman–Crippen MR) is 119 cm³/mol. The first-order valence-electron chi connectivity index (χ1n) is 10.2. The number of nitrogens with one attached hydrogen (secondary N) is 2. The third kappa shape index (κ3) is 5.57. The molecule has 0 spiro atoms. The van der Waals surface area contributed by atoms with Crippen LogP contribution in [0.5, 0.6) is 0 Å². The number of H-pyrrole nitrogens is 1. The molecule has 0 saturated carbocycles. The lowest BCUT2D eigenvalue weighted by Gasteiger charge is -2.14. The van der Waals surface area contributed by atoms with Gasteiger partial charge in [0.25, 0.3) is 5.91 Å². The van der Waals surface area contributed by atoms with E-state index in [-0.39, 0.29) is 6.54 Å². The molecule has 1 unspecified atom stereocenters. The Labute approximate surface area is 176 Å². The molecular weight excluding hydrogens is 378 g/mol. The average Bonchev–Trinajstić information content (AvgIpc) is 3.06. The molecule has 0 bridgehead atoms. The summed E-state index contributed by atoms with van der Waals surface area (Å²) in [5.41, 5.74) is 5.95. The van der Waals surface area contributed by atoms with Crippen molar-refractivity contribution < 1.29 is 15.1 Å². The number of nitrogens with zero attached hydrogens (tertiary/aromatic N) is 1. The van der Waals surface area contributed by atoms with Crippen molar-refractivity contribution >= 4 is 22.9 Å². The van der Waals surface area contributed by atoms with Crippen molar-refractivity contribution in [2.24, 2.45) is 0 Å². The minimum Gasteiger partial charge on any atom is -0.383 e. The van der Waals surface area contributed by atoms with Gasteiger partial charge in [0.2, 0.25) is 0 Å². The Morgan fingerprint density at radius 3 is 2.67 bits per heavy atom. The highest BCUT2D eigenvalue weighted by Gasteiger charge is 2.14. The molecule has 1 aromatic heterocycles. The van der Waals surface area contributed by atoms with Crippen LogP contribution in [0.15, 0.2) is 54.6 Å². The fraction of sp³-hybridized carbons (Fsp3) is 0.292. The van der Waals surface area contributed by atoms with Gasteiger partial charge in [-0.05, 0) is 49.6 Å². The number of aromatic amines is 1. The topological polar surface area (TPSA) is 88.6 Å². The lowest BCUT2D eigenvalue weighted by Crippen LogP contribution is -2.35. The summed E-state index contributed by atoms with van der Waals surface area (Å²) in [6.45, 7) is 5.16. The third-order valence-corrected chi connectivity index (χ3v) is 5.09. The highest BCUT2D eigenvalue weighted by molar-refractivity contribution is 5.84. The van der Waals surface area contributed by atoms with Gasteiger partial charge in [0.1, 0.15) is 6.10 Å². The zero-order valence-corrected chi connectivity index (χ0v) is 17.4. The zero-order chi connectivity index (χ0) is 21.5. The number of hydrogen-bond donors (Lipinski definition) is 4. The Hall–Kier alpha value is -2.93. The average molecular weight is 408 g/mol. The number of hydroxylamine groups is 2. The van der Waals surface area contributed by atoms with Crippen molar-refractivity contribution in [1.29, 1.82) is 0 Å². The molecule has 2 aromatic carbocycles. The summed E-state index contributed by atoms with van der Waals surface area (Å²) in [5, 5.41) is 24.0. The maximum Gasteiger partial charge on any atom is 0.274 e. The Morgan fingerprint density at radius 1 is 1.20 bits per heavy atom. The van der Waals surface area contributed by atoms with E-state index in [9.17, 15) is 10.0 Å². The van der Waals surface area contributed by atoms with Crippen LogP contribution in [0.2, 0.25) is 0 Å². The molecule has 0 fully saturated rings. The van der Waals surface area contributed by atoms with Gasteiger partial charge in [0, 0.05) is 23.1 Å². The second-order valence-electron chi connectivity index (χ2n) is 7.44. The van der Waals surface area contributed by atoms with Crippen LogP contribution < -0.4 is 5.32 Å². The molecule has 0 radical (unpaired) electrons. The molecule has 3 aromatic rings. The number of hydrogen-bond acceptors (Lipinski definition) is 4. The lowest BCUT2D eigenvalue weighted by molar-refractivity contribution is -0.171. The third-order valence-electron chi connectivity index (χ3n) is 5.09. The van der Waals surface area contributed by atoms with E-state index in [0.717, 1.165) is 25.1 Å². The van der Waals surface area contributed by atoms with Crippen molar-refractivity contribution in [2.75, 3.05) is 13.1 Å². The van der Waals surface area contributed by atoms with Crippen LogP contribution in [0.1, 0.15) is 29.3 Å². The Balaban J connectivity index is 1.45. The highest BCUT2D eigenvalue weighted by atomic mass is 16.5. The van der Waals surface area contributed by atoms with Crippen molar-refractivity contribution in [3.63, 3.8) is 0 Å². The Kier molecular flexibility index (Phi) is 7.41. The number of carbonyl (C=O) groups is 1. The van der Waals surface area contributed by atoms with Gasteiger partial charge in [-0.15, -0.1) is 0 Å². The van der Waals surface area contributed by atoms with Gasteiger partial charge in [0.05, 0.1) is 6.54 Å². The van der Waals surface area contributed by atoms with Crippen LogP contribution in [0.3, 0.4) is 0 Å². The van der Waals surface area contributed by atoms with Gasteiger partial charge in [0.15, 0.2) is 0 Å². The molecule has 158 valence electrons. The SMILES string of the molecule is Cc1[nH]c2ccccc2c1CCNCc1ccc(/C=C/CN(O)C(=O)C(C)O)cc1. The zero-order valence-electron chi connectivity index (χ0n) is 17.4. The monoisotopic (exact) mass is 407 g/mol. The largest absolute Gasteiger partial charge is 0.383 e. The molecule has 1 heterocycles. The second kappa shape index (κ2) is 10.2. The number of aromatic nitrogens is 1. The number of para-hydroxylation sites is 1. The van der Waals surface area contributed by atoms with E-state index in [4.69, 9.17) is 5.11 Å². The van der Waals surface area contributed by atoms with Crippen LogP contribution in [-0.4, -0.2) is 45.5 Å². The first kappa shape index (κ1) is 21.8. The number of carbonyl (C=O) groups excluding carboxylic acids is 1. The lowest BCUT2D eigenvalue weighted by atomic mass is 10.1. The van der Waals surface area contributed by atoms with Crippen molar-refractivity contribution in [3.8, 4) is 0 Å². The first-order valence-corrected chi connectivity index (χ1v) is 10.2. The van der Waals surface area contributed by atoms with E-state index in [2.05, 4.69) is 47.6 Å². The number of rotatable bonds is 9. The minimum atomic E-state index is -1.21. The van der Waals surface area contributed by atoms with E-state index in [1.165, 1.54) is 34.6 Å². The summed E-state index contributed by atoms with van der Waals surface area (Å²) in [4.78, 5) is 14.8. The molecule has 1 atom stereocenters. The molecule has 4 N–H and O–H groups in total. The van der Waals surface area contributed by atoms with Crippen LogP contribution >= 0.6 is 0 Å². The number of aliphatic hydroxyl groups excluding tert-OH is 1. The summed E-state index contributed by atoms with van der Waals surface area (Å²) >= 11 is 0. The van der Waals surface area contributed by atoms with Crippen LogP contribution in [-0.2, 0) is 17.8 Å². The van der Waals surface area contributed by atoms with Gasteiger partial charge in [-0.25, -0.2) is 5.06 Å². The van der Waals surface area contributed by atoms with Crippen molar-refractivity contribution in [1.82, 2.24) is 15.4 Å². The number of benzene rings is 2. The molecule has 6 nitrogen and oxygen atoms in total. The predicted octanol–water partition coefficient (Wildman–Crippen LogP) is 3.42. The fourth-order valence-corrected chi connectivity index (χ4v) is 3.44. The molecule has 0 saturated heterocycles. The van der Waals surface area contributed by atoms with Gasteiger partial charge in [-0.3, -0.25) is 10.0 Å². The number of aliphatic hydroxyl groups is 1. The summed E-state index contributed by atoms with van der Waals surface area (Å²) in [6.07, 6.45) is 3.27.